The van der Waals surface area contributed by atoms with Gasteiger partial charge < -0.3 is 19.9 Å². The fourth-order valence-corrected chi connectivity index (χ4v) is 5.50. The largest absolute Gasteiger partial charge is 0.361 e. The van der Waals surface area contributed by atoms with Crippen LogP contribution in [0.5, 0.6) is 0 Å². The van der Waals surface area contributed by atoms with Gasteiger partial charge in [0.15, 0.2) is 0 Å². The van der Waals surface area contributed by atoms with E-state index in [1.807, 2.05) is 48.7 Å². The van der Waals surface area contributed by atoms with Gasteiger partial charge >= 0.3 is 0 Å². The summed E-state index contributed by atoms with van der Waals surface area (Å²) in [5.74, 6) is -1.07. The van der Waals surface area contributed by atoms with Crippen molar-refractivity contribution in [3.05, 3.63) is 78.3 Å². The minimum atomic E-state index is -0.687. The molecular weight excluding hydrogens is 404 g/mol. The summed E-state index contributed by atoms with van der Waals surface area (Å²) in [4.78, 5) is 35.6. The number of rotatable bonds is 6. The Hall–Kier alpha value is -3.45. The van der Waals surface area contributed by atoms with Crippen LogP contribution in [-0.2, 0) is 27.3 Å². The second-order valence-electron chi connectivity index (χ2n) is 8.85. The minimum Gasteiger partial charge on any atom is -0.361 e. The summed E-state index contributed by atoms with van der Waals surface area (Å²) < 4.78 is 6.21. The lowest BCUT2D eigenvalue weighted by atomic mass is 9.77. The van der Waals surface area contributed by atoms with Gasteiger partial charge in [0.1, 0.15) is 5.60 Å². The third-order valence-corrected chi connectivity index (χ3v) is 6.97. The Morgan fingerprint density at radius 2 is 2.09 bits per heavy atom. The van der Waals surface area contributed by atoms with Crippen LogP contribution < -0.4 is 5.32 Å². The highest BCUT2D eigenvalue weighted by Crippen LogP contribution is 2.52. The number of benzene rings is 1. The van der Waals surface area contributed by atoms with Crippen molar-refractivity contribution in [2.45, 2.75) is 24.7 Å². The van der Waals surface area contributed by atoms with Gasteiger partial charge in [-0.1, -0.05) is 30.4 Å². The summed E-state index contributed by atoms with van der Waals surface area (Å²) >= 11 is 0. The molecule has 6 rings (SSSR count). The van der Waals surface area contributed by atoms with Crippen LogP contribution in [0.15, 0.2) is 67.1 Å². The molecule has 32 heavy (non-hydrogen) atoms. The summed E-state index contributed by atoms with van der Waals surface area (Å²) in [5.41, 5.74) is 2.59. The third kappa shape index (κ3) is 2.96. The van der Waals surface area contributed by atoms with E-state index in [2.05, 4.69) is 21.4 Å². The van der Waals surface area contributed by atoms with Gasteiger partial charge in [0.2, 0.25) is 11.8 Å². The molecule has 7 nitrogen and oxygen atoms in total. The lowest BCUT2D eigenvalue weighted by Crippen LogP contribution is -2.44. The molecule has 4 atom stereocenters. The fraction of sp³-hybridized carbons (Fsp3) is 0.320. The highest BCUT2D eigenvalue weighted by atomic mass is 16.5. The van der Waals surface area contributed by atoms with E-state index in [1.165, 1.54) is 10.9 Å². The van der Waals surface area contributed by atoms with E-state index >= 15 is 0 Å². The molecule has 3 aromatic rings. The van der Waals surface area contributed by atoms with E-state index in [-0.39, 0.29) is 17.9 Å². The Morgan fingerprint density at radius 3 is 2.97 bits per heavy atom. The summed E-state index contributed by atoms with van der Waals surface area (Å²) in [5, 5.41) is 4.23. The van der Waals surface area contributed by atoms with Crippen LogP contribution in [0.25, 0.3) is 10.9 Å². The van der Waals surface area contributed by atoms with Crippen LogP contribution in [0.1, 0.15) is 11.1 Å². The van der Waals surface area contributed by atoms with Gasteiger partial charge in [0, 0.05) is 42.6 Å². The Kier molecular flexibility index (Phi) is 4.40. The molecule has 2 bridgehead atoms. The van der Waals surface area contributed by atoms with Gasteiger partial charge in [-0.3, -0.25) is 14.6 Å². The first-order valence-corrected chi connectivity index (χ1v) is 11.0. The number of aromatic amines is 1. The molecule has 3 aliphatic heterocycles. The molecule has 2 fully saturated rings. The monoisotopic (exact) mass is 428 g/mol. The lowest BCUT2D eigenvalue weighted by molar-refractivity contribution is -0.137. The van der Waals surface area contributed by atoms with Crippen molar-refractivity contribution in [3.8, 4) is 0 Å². The molecule has 1 aromatic carbocycles. The summed E-state index contributed by atoms with van der Waals surface area (Å²) in [6.07, 6.45) is 9.77. The maximum absolute atomic E-state index is 13.3. The van der Waals surface area contributed by atoms with E-state index in [9.17, 15) is 9.59 Å². The van der Waals surface area contributed by atoms with Crippen LogP contribution in [0.2, 0.25) is 0 Å². The van der Waals surface area contributed by atoms with Gasteiger partial charge in [-0.15, -0.1) is 0 Å². The smallest absolute Gasteiger partial charge is 0.230 e. The Bertz CT molecular complexity index is 1220. The molecule has 0 unspecified atom stereocenters. The summed E-state index contributed by atoms with van der Waals surface area (Å²) in [6.45, 7) is 1.49. The number of para-hydroxylation sites is 1. The zero-order valence-electron chi connectivity index (χ0n) is 17.5. The van der Waals surface area contributed by atoms with Crippen molar-refractivity contribution in [1.29, 1.82) is 0 Å². The number of nitrogens with zero attached hydrogens (tertiary/aromatic N) is 2. The zero-order valence-corrected chi connectivity index (χ0v) is 17.5. The van der Waals surface area contributed by atoms with Crippen molar-refractivity contribution in [3.63, 3.8) is 0 Å². The predicted molar refractivity (Wildman–Crippen MR) is 118 cm³/mol. The van der Waals surface area contributed by atoms with Crippen LogP contribution in [0.4, 0.5) is 0 Å². The number of hydrogen-bond acceptors (Lipinski definition) is 4. The maximum atomic E-state index is 13.3. The average molecular weight is 428 g/mol. The van der Waals surface area contributed by atoms with E-state index in [0.29, 0.717) is 19.6 Å². The van der Waals surface area contributed by atoms with E-state index in [1.54, 1.807) is 17.3 Å². The number of aromatic nitrogens is 2. The van der Waals surface area contributed by atoms with E-state index < -0.39 is 17.4 Å². The Balaban J connectivity index is 1.15. The number of ether oxygens (including phenoxy) is 1. The molecular formula is C25H24N4O3. The van der Waals surface area contributed by atoms with Gasteiger partial charge in [-0.2, -0.15) is 0 Å². The van der Waals surface area contributed by atoms with Crippen LogP contribution in [-0.4, -0.2) is 51.5 Å². The van der Waals surface area contributed by atoms with Crippen molar-refractivity contribution in [1.82, 2.24) is 20.2 Å². The van der Waals surface area contributed by atoms with Crippen molar-refractivity contribution < 1.29 is 14.3 Å². The number of pyridine rings is 1. The molecule has 3 aliphatic rings. The Morgan fingerprint density at radius 1 is 1.25 bits per heavy atom. The molecule has 2 N–H and O–H groups in total. The third-order valence-electron chi connectivity index (χ3n) is 6.97. The first-order valence-electron chi connectivity index (χ1n) is 11.0. The number of nitrogens with one attached hydrogen (secondary N) is 2. The van der Waals surface area contributed by atoms with Gasteiger partial charge in [-0.05, 0) is 35.7 Å². The molecule has 7 heteroatoms. The van der Waals surface area contributed by atoms with Crippen LogP contribution in [0.3, 0.4) is 0 Å². The molecule has 162 valence electrons. The van der Waals surface area contributed by atoms with Crippen LogP contribution in [0, 0.1) is 11.8 Å². The highest BCUT2D eigenvalue weighted by Gasteiger charge is 2.66. The average Bonchev–Trinajstić information content (AvgIpc) is 3.55. The zero-order chi connectivity index (χ0) is 21.7. The number of carbonyl (C=O) groups excluding carboxylic acids is 2. The van der Waals surface area contributed by atoms with E-state index in [0.717, 1.165) is 17.5 Å². The highest BCUT2D eigenvalue weighted by molar-refractivity contribution is 5.93. The number of amides is 2. The Labute approximate surface area is 185 Å². The number of likely N-dealkylation sites (tertiary alicyclic amines) is 1. The molecule has 0 radical (unpaired) electrons. The number of H-pyrrole nitrogens is 1. The molecule has 5 heterocycles. The number of fused-ring (bicyclic) bond motifs is 2. The maximum Gasteiger partial charge on any atom is 0.230 e. The van der Waals surface area contributed by atoms with Gasteiger partial charge in [0.25, 0.3) is 0 Å². The summed E-state index contributed by atoms with van der Waals surface area (Å²) in [7, 11) is 0. The SMILES string of the molecule is O=C(NCCc1c[nH]c2ccccc12)[C@H]1[C@H]2C=C[C@@]3(CN(Cc4ccncc4)C(=O)[C@@H]13)O2. The molecule has 0 saturated carbocycles. The predicted octanol–water partition coefficient (Wildman–Crippen LogP) is 2.20. The normalized spacial score (nSPS) is 27.9. The molecule has 0 aliphatic carbocycles. The van der Waals surface area contributed by atoms with Crippen molar-refractivity contribution in [2.75, 3.05) is 13.1 Å². The molecule has 2 amide bonds. The summed E-state index contributed by atoms with van der Waals surface area (Å²) in [6, 6.07) is 11.9. The van der Waals surface area contributed by atoms with Crippen LogP contribution >= 0.6 is 0 Å². The molecule has 2 saturated heterocycles. The molecule has 2 aromatic heterocycles. The minimum absolute atomic E-state index is 0.00885. The van der Waals surface area contributed by atoms with Gasteiger partial charge in [-0.25, -0.2) is 0 Å². The van der Waals surface area contributed by atoms with Crippen molar-refractivity contribution in [2.24, 2.45) is 11.8 Å². The quantitative estimate of drug-likeness (QED) is 0.590. The number of carbonyl (C=O) groups is 2. The first-order chi connectivity index (χ1) is 15.6. The topological polar surface area (TPSA) is 87.3 Å². The second kappa shape index (κ2) is 7.31. The van der Waals surface area contributed by atoms with E-state index in [4.69, 9.17) is 4.74 Å². The number of hydrogen-bond donors (Lipinski definition) is 2. The van der Waals surface area contributed by atoms with Crippen molar-refractivity contribution >= 4 is 22.7 Å². The first kappa shape index (κ1) is 19.3. The lowest BCUT2D eigenvalue weighted by Gasteiger charge is -2.23. The fourth-order valence-electron chi connectivity index (χ4n) is 5.50. The second-order valence-corrected chi connectivity index (χ2v) is 8.85. The van der Waals surface area contributed by atoms with Gasteiger partial charge in [0.05, 0.1) is 24.5 Å². The standard InChI is InChI=1S/C25H24N4O3/c30-23(27-12-8-17-13-28-19-4-2-1-3-18(17)19)21-20-5-9-25(32-20)15-29(24(31)22(21)25)14-16-6-10-26-11-7-16/h1-7,9-11,13,20-22,28H,8,12,14-15H2,(H,27,30)/t20-,21+,22-,25+/m1/s1. The molecule has 1 spiro atoms.